The second-order valence-electron chi connectivity index (χ2n) is 5.40. The van der Waals surface area contributed by atoms with Crippen molar-refractivity contribution in [2.24, 2.45) is 0 Å². The molecule has 0 atom stereocenters. The van der Waals surface area contributed by atoms with Crippen LogP contribution in [0.25, 0.3) is 0 Å². The largest absolute Gasteiger partial charge is 0.285 e. The van der Waals surface area contributed by atoms with E-state index in [2.05, 4.69) is 36.5 Å². The molecule has 0 heterocycles. The van der Waals surface area contributed by atoms with E-state index in [0.717, 1.165) is 12.2 Å². The molecule has 0 bridgehead atoms. The summed E-state index contributed by atoms with van der Waals surface area (Å²) in [5.41, 5.74) is 1.12. The lowest BCUT2D eigenvalue weighted by molar-refractivity contribution is 0.553. The van der Waals surface area contributed by atoms with Crippen LogP contribution in [0.3, 0.4) is 0 Å². The highest BCUT2D eigenvalue weighted by molar-refractivity contribution is 5.34. The Kier molecular flexibility index (Phi) is 10.2. The van der Waals surface area contributed by atoms with Gasteiger partial charge in [-0.1, -0.05) is 82.9 Å². The topological polar surface area (TPSA) is 14.1 Å². The minimum atomic E-state index is 0.987. The highest BCUT2D eigenvalue weighted by Gasteiger charge is 1.94. The monoisotopic (exact) mass is 260 g/mol. The van der Waals surface area contributed by atoms with Crippen molar-refractivity contribution in [3.8, 4) is 0 Å². The van der Waals surface area contributed by atoms with E-state index in [0.29, 0.717) is 0 Å². The standard InChI is InChI=1S/C18H30N/c1-2-3-4-5-6-7-8-9-10-14-17-19-18-15-12-11-13-16-18/h11-13,15-16H,2-10,14,17H2,1H3. The van der Waals surface area contributed by atoms with Crippen LogP contribution in [0, 0.1) is 0 Å². The molecule has 1 rings (SSSR count). The van der Waals surface area contributed by atoms with Crippen LogP contribution in [-0.2, 0) is 0 Å². The van der Waals surface area contributed by atoms with Crippen LogP contribution in [0.15, 0.2) is 30.3 Å². The molecule has 0 unspecified atom stereocenters. The van der Waals surface area contributed by atoms with Crippen molar-refractivity contribution < 1.29 is 0 Å². The molecule has 0 aliphatic heterocycles. The maximum atomic E-state index is 4.57. The van der Waals surface area contributed by atoms with Crippen molar-refractivity contribution in [2.45, 2.75) is 71.1 Å². The molecule has 0 saturated carbocycles. The molecule has 1 heteroatoms. The van der Waals surface area contributed by atoms with Gasteiger partial charge >= 0.3 is 0 Å². The van der Waals surface area contributed by atoms with Gasteiger partial charge in [0.05, 0.1) is 5.69 Å². The summed E-state index contributed by atoms with van der Waals surface area (Å²) in [4.78, 5) is 0. The molecule has 0 aromatic heterocycles. The minimum Gasteiger partial charge on any atom is -0.285 e. The summed E-state index contributed by atoms with van der Waals surface area (Å²) in [5, 5.41) is 4.57. The molecule has 0 aliphatic carbocycles. The Morgan fingerprint density at radius 1 is 0.684 bits per heavy atom. The lowest BCUT2D eigenvalue weighted by Crippen LogP contribution is -1.99. The van der Waals surface area contributed by atoms with Crippen LogP contribution in [-0.4, -0.2) is 6.54 Å². The summed E-state index contributed by atoms with van der Waals surface area (Å²) in [5.74, 6) is 0. The van der Waals surface area contributed by atoms with Gasteiger partial charge in [-0.15, -0.1) is 0 Å². The molecule has 1 aromatic rings. The van der Waals surface area contributed by atoms with Crippen molar-refractivity contribution in [2.75, 3.05) is 6.54 Å². The van der Waals surface area contributed by atoms with Gasteiger partial charge in [0.1, 0.15) is 0 Å². The second-order valence-corrected chi connectivity index (χ2v) is 5.40. The maximum Gasteiger partial charge on any atom is 0.0574 e. The predicted octanol–water partition coefficient (Wildman–Crippen LogP) is 5.84. The first kappa shape index (κ1) is 16.1. The SMILES string of the molecule is CCCCCCCCCCCC[N]c1ccccc1. The first-order valence-corrected chi connectivity index (χ1v) is 8.16. The van der Waals surface area contributed by atoms with Gasteiger partial charge in [0, 0.05) is 6.54 Å². The van der Waals surface area contributed by atoms with E-state index in [9.17, 15) is 0 Å². The fourth-order valence-corrected chi connectivity index (χ4v) is 2.34. The summed E-state index contributed by atoms with van der Waals surface area (Å²) in [6.07, 6.45) is 13.9. The molecule has 0 aliphatic rings. The number of nitrogens with zero attached hydrogens (tertiary/aromatic N) is 1. The van der Waals surface area contributed by atoms with Gasteiger partial charge in [0.15, 0.2) is 0 Å². The molecule has 0 amide bonds. The Balaban J connectivity index is 1.79. The lowest BCUT2D eigenvalue weighted by atomic mass is 10.1. The summed E-state index contributed by atoms with van der Waals surface area (Å²) >= 11 is 0. The van der Waals surface area contributed by atoms with E-state index in [4.69, 9.17) is 0 Å². The van der Waals surface area contributed by atoms with Crippen molar-refractivity contribution >= 4 is 5.69 Å². The maximum absolute atomic E-state index is 4.57. The van der Waals surface area contributed by atoms with Crippen LogP contribution >= 0.6 is 0 Å². The smallest absolute Gasteiger partial charge is 0.0574 e. The van der Waals surface area contributed by atoms with Crippen LogP contribution in [0.5, 0.6) is 0 Å². The van der Waals surface area contributed by atoms with Gasteiger partial charge in [-0.25, -0.2) is 0 Å². The fraction of sp³-hybridized carbons (Fsp3) is 0.667. The number of benzene rings is 1. The molecule has 19 heavy (non-hydrogen) atoms. The van der Waals surface area contributed by atoms with E-state index < -0.39 is 0 Å². The van der Waals surface area contributed by atoms with Crippen molar-refractivity contribution in [3.63, 3.8) is 0 Å². The zero-order valence-corrected chi connectivity index (χ0v) is 12.6. The van der Waals surface area contributed by atoms with Gasteiger partial charge < -0.3 is 0 Å². The van der Waals surface area contributed by atoms with Crippen LogP contribution in [0.2, 0.25) is 0 Å². The molecule has 1 nitrogen and oxygen atoms in total. The first-order valence-electron chi connectivity index (χ1n) is 8.16. The van der Waals surface area contributed by atoms with E-state index in [1.165, 1.54) is 64.2 Å². The van der Waals surface area contributed by atoms with Crippen molar-refractivity contribution in [1.82, 2.24) is 5.32 Å². The molecule has 0 fully saturated rings. The van der Waals surface area contributed by atoms with E-state index >= 15 is 0 Å². The molecule has 1 aromatic carbocycles. The quantitative estimate of drug-likeness (QED) is 0.419. The Bertz CT molecular complexity index is 281. The Morgan fingerprint density at radius 2 is 1.21 bits per heavy atom. The lowest BCUT2D eigenvalue weighted by Gasteiger charge is -2.03. The predicted molar refractivity (Wildman–Crippen MR) is 84.9 cm³/mol. The number of hydrogen-bond donors (Lipinski definition) is 0. The fourth-order valence-electron chi connectivity index (χ4n) is 2.34. The Labute approximate surface area is 119 Å². The molecule has 0 saturated heterocycles. The average Bonchev–Trinajstić information content (AvgIpc) is 2.46. The third kappa shape index (κ3) is 9.58. The normalized spacial score (nSPS) is 10.6. The van der Waals surface area contributed by atoms with Gasteiger partial charge in [-0.3, -0.25) is 5.32 Å². The second kappa shape index (κ2) is 12.1. The van der Waals surface area contributed by atoms with E-state index in [-0.39, 0.29) is 0 Å². The molecular formula is C18H30N. The van der Waals surface area contributed by atoms with Crippen LogP contribution in [0.1, 0.15) is 71.1 Å². The van der Waals surface area contributed by atoms with Gasteiger partial charge in [-0.05, 0) is 18.6 Å². The Morgan fingerprint density at radius 3 is 1.79 bits per heavy atom. The molecule has 0 N–H and O–H groups in total. The van der Waals surface area contributed by atoms with Crippen LogP contribution in [0.4, 0.5) is 5.69 Å². The molecule has 107 valence electrons. The molecular weight excluding hydrogens is 230 g/mol. The van der Waals surface area contributed by atoms with Crippen molar-refractivity contribution in [3.05, 3.63) is 30.3 Å². The van der Waals surface area contributed by atoms with Gasteiger partial charge in [0.2, 0.25) is 0 Å². The molecule has 0 spiro atoms. The minimum absolute atomic E-state index is 0.987. The Hall–Kier alpha value is -0.980. The number of unbranched alkanes of at least 4 members (excludes halogenated alkanes) is 9. The molecule has 1 radical (unpaired) electrons. The summed E-state index contributed by atoms with van der Waals surface area (Å²) in [7, 11) is 0. The zero-order valence-electron chi connectivity index (χ0n) is 12.6. The van der Waals surface area contributed by atoms with Gasteiger partial charge in [-0.2, -0.15) is 0 Å². The number of hydrogen-bond acceptors (Lipinski definition) is 0. The van der Waals surface area contributed by atoms with Crippen LogP contribution < -0.4 is 5.32 Å². The highest BCUT2D eigenvalue weighted by Crippen LogP contribution is 2.11. The third-order valence-corrected chi connectivity index (χ3v) is 3.56. The van der Waals surface area contributed by atoms with E-state index in [1.54, 1.807) is 0 Å². The van der Waals surface area contributed by atoms with Gasteiger partial charge in [0.25, 0.3) is 0 Å². The van der Waals surface area contributed by atoms with E-state index in [1.807, 2.05) is 6.07 Å². The zero-order chi connectivity index (χ0) is 13.6. The highest BCUT2D eigenvalue weighted by atomic mass is 14.9. The summed E-state index contributed by atoms with van der Waals surface area (Å²) in [6, 6.07) is 10.3. The summed E-state index contributed by atoms with van der Waals surface area (Å²) < 4.78 is 0. The van der Waals surface area contributed by atoms with Crippen molar-refractivity contribution in [1.29, 1.82) is 0 Å². The number of rotatable bonds is 12. The third-order valence-electron chi connectivity index (χ3n) is 3.56. The number of para-hydroxylation sites is 1. The average molecular weight is 260 g/mol. The summed E-state index contributed by atoms with van der Waals surface area (Å²) in [6.45, 7) is 3.26. The first-order chi connectivity index (χ1) is 9.43.